The van der Waals surface area contributed by atoms with E-state index in [1.165, 1.54) is 0 Å². The highest BCUT2D eigenvalue weighted by Crippen LogP contribution is 2.19. The Morgan fingerprint density at radius 2 is 1.92 bits per heavy atom. The lowest BCUT2D eigenvalue weighted by Gasteiger charge is -2.10. The number of carbonyl (C=O) groups is 1. The Bertz CT molecular complexity index is 1020. The first-order valence-corrected chi connectivity index (χ1v) is 8.54. The molecule has 0 bridgehead atoms. The van der Waals surface area contributed by atoms with E-state index in [9.17, 15) is 9.59 Å². The maximum atomic E-state index is 12.5. The quantitative estimate of drug-likeness (QED) is 0.743. The molecule has 0 saturated heterocycles. The maximum absolute atomic E-state index is 12.5. The maximum Gasteiger partial charge on any atom is 0.261 e. The number of benzene rings is 2. The van der Waals surface area contributed by atoms with Gasteiger partial charge in [-0.25, -0.2) is 0 Å². The molecule has 0 aliphatic carbocycles. The van der Waals surface area contributed by atoms with Crippen molar-refractivity contribution in [1.82, 2.24) is 10.3 Å². The van der Waals surface area contributed by atoms with Crippen molar-refractivity contribution in [2.24, 2.45) is 0 Å². The molecule has 0 saturated carbocycles. The van der Waals surface area contributed by atoms with E-state index in [1.54, 1.807) is 13.2 Å². The Labute approximate surface area is 152 Å². The summed E-state index contributed by atoms with van der Waals surface area (Å²) in [5, 5.41) is 3.68. The molecule has 134 valence electrons. The molecule has 0 radical (unpaired) electrons. The number of aromatic nitrogens is 1. The van der Waals surface area contributed by atoms with E-state index < -0.39 is 0 Å². The van der Waals surface area contributed by atoms with Crippen molar-refractivity contribution in [2.45, 2.75) is 20.3 Å². The smallest absolute Gasteiger partial charge is 0.261 e. The number of rotatable bonds is 5. The van der Waals surface area contributed by atoms with Gasteiger partial charge in [-0.3, -0.25) is 9.59 Å². The Hall–Kier alpha value is -3.08. The number of carbonyl (C=O) groups excluding carboxylic acids is 1. The first-order valence-electron chi connectivity index (χ1n) is 8.54. The number of hydrogen-bond donors (Lipinski definition) is 2. The van der Waals surface area contributed by atoms with Crippen molar-refractivity contribution in [1.29, 1.82) is 0 Å². The van der Waals surface area contributed by atoms with Crippen molar-refractivity contribution in [3.63, 3.8) is 0 Å². The summed E-state index contributed by atoms with van der Waals surface area (Å²) >= 11 is 0. The zero-order chi connectivity index (χ0) is 18.7. The number of methoxy groups -OCH3 is 1. The van der Waals surface area contributed by atoms with E-state index in [4.69, 9.17) is 4.74 Å². The molecule has 0 aliphatic heterocycles. The van der Waals surface area contributed by atoms with Crippen LogP contribution in [-0.2, 0) is 6.42 Å². The molecule has 0 unspecified atom stereocenters. The molecule has 0 fully saturated rings. The number of amides is 1. The number of para-hydroxylation sites is 1. The molecule has 5 heteroatoms. The van der Waals surface area contributed by atoms with Crippen LogP contribution in [0.3, 0.4) is 0 Å². The van der Waals surface area contributed by atoms with Crippen LogP contribution < -0.4 is 15.6 Å². The zero-order valence-electron chi connectivity index (χ0n) is 15.2. The van der Waals surface area contributed by atoms with Crippen molar-refractivity contribution in [2.75, 3.05) is 13.7 Å². The molecule has 26 heavy (non-hydrogen) atoms. The van der Waals surface area contributed by atoms with E-state index in [-0.39, 0.29) is 17.0 Å². The van der Waals surface area contributed by atoms with Crippen LogP contribution in [0.4, 0.5) is 0 Å². The molecule has 2 aromatic carbocycles. The SMILES string of the molecule is COc1ccccc1CCNC(=O)c1cc2cc(C)cc(C)c2[nH]c1=O. The van der Waals surface area contributed by atoms with Crippen molar-refractivity contribution >= 4 is 16.8 Å². The number of nitrogens with one attached hydrogen (secondary N) is 2. The average molecular weight is 350 g/mol. The molecule has 0 atom stereocenters. The predicted molar refractivity (Wildman–Crippen MR) is 103 cm³/mol. The number of aryl methyl sites for hydroxylation is 2. The largest absolute Gasteiger partial charge is 0.496 e. The van der Waals surface area contributed by atoms with Gasteiger partial charge in [-0.2, -0.15) is 0 Å². The number of hydrogen-bond acceptors (Lipinski definition) is 3. The summed E-state index contributed by atoms with van der Waals surface area (Å²) < 4.78 is 5.31. The van der Waals surface area contributed by atoms with E-state index >= 15 is 0 Å². The summed E-state index contributed by atoms with van der Waals surface area (Å²) in [6, 6.07) is 13.3. The molecule has 1 heterocycles. The van der Waals surface area contributed by atoms with Gasteiger partial charge in [0.2, 0.25) is 0 Å². The van der Waals surface area contributed by atoms with Gasteiger partial charge in [-0.05, 0) is 55.0 Å². The third-order valence-electron chi connectivity index (χ3n) is 4.41. The van der Waals surface area contributed by atoms with Crippen LogP contribution in [0, 0.1) is 13.8 Å². The Morgan fingerprint density at radius 1 is 1.15 bits per heavy atom. The van der Waals surface area contributed by atoms with Gasteiger partial charge in [0.05, 0.1) is 12.6 Å². The van der Waals surface area contributed by atoms with Gasteiger partial charge in [0.1, 0.15) is 11.3 Å². The number of fused-ring (bicyclic) bond motifs is 1. The third-order valence-corrected chi connectivity index (χ3v) is 4.41. The molecule has 1 amide bonds. The minimum atomic E-state index is -0.376. The van der Waals surface area contributed by atoms with Crippen LogP contribution in [0.1, 0.15) is 27.0 Å². The van der Waals surface area contributed by atoms with Gasteiger partial charge in [0.25, 0.3) is 11.5 Å². The minimum absolute atomic E-state index is 0.127. The first-order chi connectivity index (χ1) is 12.5. The molecule has 2 N–H and O–H groups in total. The lowest BCUT2D eigenvalue weighted by atomic mass is 10.0. The van der Waals surface area contributed by atoms with Crippen molar-refractivity contribution in [3.05, 3.63) is 75.1 Å². The topological polar surface area (TPSA) is 71.2 Å². The van der Waals surface area contributed by atoms with Gasteiger partial charge in [-0.15, -0.1) is 0 Å². The fourth-order valence-corrected chi connectivity index (χ4v) is 3.17. The second kappa shape index (κ2) is 7.44. The number of aromatic amines is 1. The van der Waals surface area contributed by atoms with Gasteiger partial charge in [0.15, 0.2) is 0 Å². The highest BCUT2D eigenvalue weighted by Gasteiger charge is 2.13. The van der Waals surface area contributed by atoms with Gasteiger partial charge in [0, 0.05) is 6.54 Å². The first kappa shape index (κ1) is 17.7. The summed E-state index contributed by atoms with van der Waals surface area (Å²) in [5.41, 5.74) is 3.60. The van der Waals surface area contributed by atoms with Crippen LogP contribution in [0.25, 0.3) is 10.9 Å². The molecule has 0 aliphatic rings. The fourth-order valence-electron chi connectivity index (χ4n) is 3.17. The number of H-pyrrole nitrogens is 1. The van der Waals surface area contributed by atoms with E-state index in [2.05, 4.69) is 10.3 Å². The van der Waals surface area contributed by atoms with Crippen molar-refractivity contribution in [3.8, 4) is 5.75 Å². The van der Waals surface area contributed by atoms with Gasteiger partial charge >= 0.3 is 0 Å². The Kier molecular flexibility index (Phi) is 5.07. The summed E-state index contributed by atoms with van der Waals surface area (Å²) in [5.74, 6) is 0.415. The van der Waals surface area contributed by atoms with Crippen molar-refractivity contribution < 1.29 is 9.53 Å². The molecule has 0 spiro atoms. The van der Waals surface area contributed by atoms with Crippen LogP contribution >= 0.6 is 0 Å². The van der Waals surface area contributed by atoms with Gasteiger partial charge < -0.3 is 15.0 Å². The zero-order valence-corrected chi connectivity index (χ0v) is 15.2. The summed E-state index contributed by atoms with van der Waals surface area (Å²) in [6.07, 6.45) is 0.624. The number of ether oxygens (including phenoxy) is 1. The molecular weight excluding hydrogens is 328 g/mol. The standard InChI is InChI=1S/C21H22N2O3/c1-13-10-14(2)19-16(11-13)12-17(21(25)23-19)20(24)22-9-8-15-6-4-5-7-18(15)26-3/h4-7,10-12H,8-9H2,1-3H3,(H,22,24)(H,23,25). The van der Waals surface area contributed by atoms with Crippen LogP contribution in [0.5, 0.6) is 5.75 Å². The van der Waals surface area contributed by atoms with E-state index in [0.29, 0.717) is 13.0 Å². The predicted octanol–water partition coefficient (Wildman–Crippen LogP) is 3.13. The van der Waals surface area contributed by atoms with E-state index in [0.717, 1.165) is 33.3 Å². The normalized spacial score (nSPS) is 10.7. The molecule has 3 rings (SSSR count). The second-order valence-corrected chi connectivity index (χ2v) is 6.38. The molecule has 5 nitrogen and oxygen atoms in total. The van der Waals surface area contributed by atoms with Gasteiger partial charge in [-0.1, -0.05) is 29.8 Å². The lowest BCUT2D eigenvalue weighted by molar-refractivity contribution is 0.0952. The highest BCUT2D eigenvalue weighted by molar-refractivity contribution is 5.97. The highest BCUT2D eigenvalue weighted by atomic mass is 16.5. The van der Waals surface area contributed by atoms with Crippen LogP contribution in [0.15, 0.2) is 47.3 Å². The van der Waals surface area contributed by atoms with Crippen LogP contribution in [-0.4, -0.2) is 24.5 Å². The third kappa shape index (κ3) is 3.61. The molecular formula is C21H22N2O3. The number of pyridine rings is 1. The molecule has 1 aromatic heterocycles. The summed E-state index contributed by atoms with van der Waals surface area (Å²) in [6.45, 7) is 4.35. The minimum Gasteiger partial charge on any atom is -0.496 e. The Balaban J connectivity index is 1.77. The Morgan fingerprint density at radius 3 is 2.69 bits per heavy atom. The van der Waals surface area contributed by atoms with E-state index in [1.807, 2.05) is 50.2 Å². The lowest BCUT2D eigenvalue weighted by Crippen LogP contribution is -2.31. The monoisotopic (exact) mass is 350 g/mol. The average Bonchev–Trinajstić information content (AvgIpc) is 2.62. The van der Waals surface area contributed by atoms with Crippen LogP contribution in [0.2, 0.25) is 0 Å². The molecule has 3 aromatic rings. The fraction of sp³-hybridized carbons (Fsp3) is 0.238. The summed E-state index contributed by atoms with van der Waals surface area (Å²) in [4.78, 5) is 27.6. The summed E-state index contributed by atoms with van der Waals surface area (Å²) in [7, 11) is 1.62. The second-order valence-electron chi connectivity index (χ2n) is 6.38.